The third-order valence-electron chi connectivity index (χ3n) is 16.2. The molecule has 0 aliphatic heterocycles. The second-order valence-corrected chi connectivity index (χ2v) is 29.1. The maximum Gasteiger partial charge on any atom is 0.472 e. The predicted molar refractivity (Wildman–Crippen MR) is 358 cm³/mol. The first-order valence-electron chi connectivity index (χ1n) is 36.5. The van der Waals surface area contributed by atoms with E-state index in [1.807, 2.05) is 0 Å². The Bertz CT molecular complexity index is 1730. The second kappa shape index (κ2) is 62.2. The van der Waals surface area contributed by atoms with Crippen LogP contribution in [0.15, 0.2) is 0 Å². The van der Waals surface area contributed by atoms with Crippen LogP contribution in [0.4, 0.5) is 0 Å². The van der Waals surface area contributed by atoms with Gasteiger partial charge in [0.05, 0.1) is 26.4 Å². The fourth-order valence-corrected chi connectivity index (χ4v) is 12.2. The summed E-state index contributed by atoms with van der Waals surface area (Å²) in [4.78, 5) is 72.4. The van der Waals surface area contributed by atoms with Crippen LogP contribution in [0.2, 0.25) is 0 Å². The molecule has 0 saturated heterocycles. The van der Waals surface area contributed by atoms with Gasteiger partial charge in [0, 0.05) is 25.7 Å². The minimum absolute atomic E-state index is 0.104. The number of esters is 4. The third kappa shape index (κ3) is 64.6. The van der Waals surface area contributed by atoms with E-state index >= 15 is 0 Å². The number of hydrogen-bond donors (Lipinski definition) is 3. The molecule has 3 N–H and O–H groups in total. The summed E-state index contributed by atoms with van der Waals surface area (Å²) in [6.45, 7) is 9.49. The van der Waals surface area contributed by atoms with Crippen molar-refractivity contribution in [3.8, 4) is 0 Å². The fraction of sp³-hybridized carbons (Fsp3) is 0.943. The molecule has 0 aromatic rings. The van der Waals surface area contributed by atoms with Gasteiger partial charge in [0.15, 0.2) is 12.2 Å². The predicted octanol–water partition coefficient (Wildman–Crippen LogP) is 20.0. The van der Waals surface area contributed by atoms with E-state index in [2.05, 4.69) is 41.5 Å². The van der Waals surface area contributed by atoms with Crippen LogP contribution in [0.1, 0.15) is 356 Å². The third-order valence-corrected chi connectivity index (χ3v) is 18.1. The van der Waals surface area contributed by atoms with Crippen molar-refractivity contribution >= 4 is 39.5 Å². The first-order valence-corrected chi connectivity index (χ1v) is 39.5. The van der Waals surface area contributed by atoms with Gasteiger partial charge in [-0.15, -0.1) is 0 Å². The lowest BCUT2D eigenvalue weighted by Gasteiger charge is -2.21. The number of phosphoric acid groups is 2. The number of carbonyl (C=O) groups excluding carboxylic acids is 4. The van der Waals surface area contributed by atoms with Gasteiger partial charge in [0.2, 0.25) is 0 Å². The minimum atomic E-state index is -4.95. The van der Waals surface area contributed by atoms with Crippen molar-refractivity contribution < 1.29 is 80.2 Å². The van der Waals surface area contributed by atoms with E-state index in [4.69, 9.17) is 37.0 Å². The molecule has 89 heavy (non-hydrogen) atoms. The van der Waals surface area contributed by atoms with Gasteiger partial charge >= 0.3 is 39.5 Å². The first kappa shape index (κ1) is 87.1. The molecule has 0 heterocycles. The zero-order valence-corrected chi connectivity index (χ0v) is 59.5. The Labute approximate surface area is 543 Å². The molecule has 0 fully saturated rings. The summed E-state index contributed by atoms with van der Waals surface area (Å²) < 4.78 is 68.2. The highest BCUT2D eigenvalue weighted by Gasteiger charge is 2.30. The summed E-state index contributed by atoms with van der Waals surface area (Å²) >= 11 is 0. The SMILES string of the molecule is CCCCCCCCCCCCCCCC(=O)OC[C@H](COP(=O)(O)OC[C@@H](O)COP(=O)(O)OC[C@@H](COC(=O)CCCCCCCCC)OC(=O)CCCCCCCCCCC(C)C)OC(=O)CCCCCCCCCCCCCCCCCC(C)C. The summed E-state index contributed by atoms with van der Waals surface area (Å²) in [5.74, 6) is -0.608. The molecule has 0 spiro atoms. The van der Waals surface area contributed by atoms with Gasteiger partial charge in [-0.1, -0.05) is 305 Å². The molecule has 2 unspecified atom stereocenters. The lowest BCUT2D eigenvalue weighted by Crippen LogP contribution is -2.30. The topological polar surface area (TPSA) is 237 Å². The van der Waals surface area contributed by atoms with Gasteiger partial charge < -0.3 is 33.8 Å². The first-order chi connectivity index (χ1) is 42.9. The highest BCUT2D eigenvalue weighted by molar-refractivity contribution is 7.47. The van der Waals surface area contributed by atoms with E-state index in [1.165, 1.54) is 161 Å². The van der Waals surface area contributed by atoms with Crippen LogP contribution in [0, 0.1) is 11.8 Å². The zero-order chi connectivity index (χ0) is 65.7. The lowest BCUT2D eigenvalue weighted by atomic mass is 10.0. The van der Waals surface area contributed by atoms with Crippen LogP contribution in [0.25, 0.3) is 0 Å². The molecule has 5 atom stereocenters. The molecule has 0 rings (SSSR count). The van der Waals surface area contributed by atoms with Gasteiger partial charge in [0.1, 0.15) is 19.3 Å². The molecule has 528 valence electrons. The standard InChI is InChI=1S/C70H136O17P2/c1-7-9-11-13-15-16-17-21-25-28-35-41-47-53-68(73)81-59-66(86-69(74)54-48-42-36-29-26-23-20-18-19-22-24-27-33-38-44-50-62(3)4)61-85-89(78,79)83-57-64(71)56-82-88(76,77)84-60-65(58-80-67(72)52-46-40-32-14-12-10-8-2)87-70(75)55-49-43-37-31-30-34-39-45-51-63(5)6/h62-66,71H,7-61H2,1-6H3,(H,76,77)(H,78,79)/t64-,65+,66+/m0/s1. The van der Waals surface area contributed by atoms with E-state index in [0.717, 1.165) is 115 Å². The number of hydrogen-bond acceptors (Lipinski definition) is 15. The van der Waals surface area contributed by atoms with E-state index < -0.39 is 97.5 Å². The number of rotatable bonds is 69. The quantitative estimate of drug-likeness (QED) is 0.0222. The van der Waals surface area contributed by atoms with Gasteiger partial charge in [-0.3, -0.25) is 37.3 Å². The molecule has 0 aliphatic carbocycles. The van der Waals surface area contributed by atoms with Gasteiger partial charge in [-0.05, 0) is 37.5 Å². The largest absolute Gasteiger partial charge is 0.472 e. The number of ether oxygens (including phenoxy) is 4. The molecule has 19 heteroatoms. The summed E-state index contributed by atoms with van der Waals surface area (Å²) in [6, 6.07) is 0. The van der Waals surface area contributed by atoms with E-state index in [0.29, 0.717) is 25.7 Å². The lowest BCUT2D eigenvalue weighted by molar-refractivity contribution is -0.161. The maximum atomic E-state index is 13.0. The van der Waals surface area contributed by atoms with Crippen LogP contribution in [-0.2, 0) is 65.4 Å². The average Bonchev–Trinajstić information content (AvgIpc) is 3.71. The zero-order valence-electron chi connectivity index (χ0n) is 57.7. The van der Waals surface area contributed by atoms with Crippen LogP contribution < -0.4 is 0 Å². The van der Waals surface area contributed by atoms with Gasteiger partial charge in [0.25, 0.3) is 0 Å². The van der Waals surface area contributed by atoms with Crippen molar-refractivity contribution in [2.75, 3.05) is 39.6 Å². The average molecular weight is 1310 g/mol. The van der Waals surface area contributed by atoms with Crippen molar-refractivity contribution in [2.24, 2.45) is 11.8 Å². The van der Waals surface area contributed by atoms with Crippen molar-refractivity contribution in [1.29, 1.82) is 0 Å². The normalized spacial score (nSPS) is 14.1. The smallest absolute Gasteiger partial charge is 0.462 e. The summed E-state index contributed by atoms with van der Waals surface area (Å²) in [5, 5.41) is 10.6. The Hall–Kier alpha value is -1.94. The molecule has 0 saturated carbocycles. The van der Waals surface area contributed by atoms with E-state index in [-0.39, 0.29) is 25.7 Å². The van der Waals surface area contributed by atoms with Crippen molar-refractivity contribution in [3.05, 3.63) is 0 Å². The highest BCUT2D eigenvalue weighted by atomic mass is 31.2. The molecule has 0 radical (unpaired) electrons. The Kier molecular flexibility index (Phi) is 60.8. The van der Waals surface area contributed by atoms with E-state index in [1.54, 1.807) is 0 Å². The van der Waals surface area contributed by atoms with Gasteiger partial charge in [-0.2, -0.15) is 0 Å². The summed E-state index contributed by atoms with van der Waals surface area (Å²) in [7, 11) is -9.89. The van der Waals surface area contributed by atoms with Crippen LogP contribution in [0.5, 0.6) is 0 Å². The number of unbranched alkanes of at least 4 members (excludes halogenated alkanes) is 39. The minimum Gasteiger partial charge on any atom is -0.462 e. The van der Waals surface area contributed by atoms with Crippen molar-refractivity contribution in [3.63, 3.8) is 0 Å². The summed E-state index contributed by atoms with van der Waals surface area (Å²) in [6.07, 6.45) is 47.3. The maximum absolute atomic E-state index is 13.0. The highest BCUT2D eigenvalue weighted by Crippen LogP contribution is 2.45. The van der Waals surface area contributed by atoms with Crippen LogP contribution in [0.3, 0.4) is 0 Å². The fourth-order valence-electron chi connectivity index (χ4n) is 10.6. The molecular weight excluding hydrogens is 1170 g/mol. The Morgan fingerprint density at radius 3 is 0.764 bits per heavy atom. The molecule has 17 nitrogen and oxygen atoms in total. The molecule has 0 aromatic heterocycles. The van der Waals surface area contributed by atoms with Crippen molar-refractivity contribution in [1.82, 2.24) is 0 Å². The molecule has 0 amide bonds. The van der Waals surface area contributed by atoms with Crippen LogP contribution >= 0.6 is 15.6 Å². The Morgan fingerprint density at radius 1 is 0.303 bits per heavy atom. The van der Waals surface area contributed by atoms with Crippen molar-refractivity contribution in [2.45, 2.75) is 374 Å². The second-order valence-electron chi connectivity index (χ2n) is 26.2. The molecule has 0 aromatic carbocycles. The Balaban J connectivity index is 5.19. The number of aliphatic hydroxyl groups is 1. The van der Waals surface area contributed by atoms with Gasteiger partial charge in [-0.25, -0.2) is 9.13 Å². The molecule has 0 bridgehead atoms. The molecular formula is C70H136O17P2. The number of phosphoric ester groups is 2. The van der Waals surface area contributed by atoms with E-state index in [9.17, 15) is 43.2 Å². The number of carbonyl (C=O) groups is 4. The molecule has 0 aliphatic rings. The number of aliphatic hydroxyl groups excluding tert-OH is 1. The van der Waals surface area contributed by atoms with Crippen LogP contribution in [-0.4, -0.2) is 96.7 Å². The Morgan fingerprint density at radius 2 is 0.517 bits per heavy atom. The summed E-state index contributed by atoms with van der Waals surface area (Å²) in [5.41, 5.74) is 0. The monoisotopic (exact) mass is 1310 g/mol.